The SMILES string of the molecule is Cc1ccc2c(c1)c1cccnc1c1ncc(-c3ccc(-c4cnc5c(c4)c4ccc(C)cc4c4cccnc45)cc3)cc21. The predicted molar refractivity (Wildman–Crippen MR) is 183 cm³/mol. The lowest BCUT2D eigenvalue weighted by molar-refractivity contribution is 1.37. The summed E-state index contributed by atoms with van der Waals surface area (Å²) in [4.78, 5) is 19.4. The Balaban J connectivity index is 1.17. The number of fused-ring (bicyclic) bond motifs is 12. The molecule has 9 rings (SSSR count). The molecule has 4 heteroatoms. The number of hydrogen-bond acceptors (Lipinski definition) is 4. The molecule has 4 aromatic heterocycles. The second-order valence-electron chi connectivity index (χ2n) is 11.7. The Hall–Kier alpha value is -5.74. The number of aromatic nitrogens is 4. The lowest BCUT2D eigenvalue weighted by Crippen LogP contribution is -1.91. The first-order valence-electron chi connectivity index (χ1n) is 14.9. The summed E-state index contributed by atoms with van der Waals surface area (Å²) in [5, 5.41) is 9.34. The van der Waals surface area contributed by atoms with E-state index in [4.69, 9.17) is 19.9 Å². The van der Waals surface area contributed by atoms with Gasteiger partial charge in [-0.2, -0.15) is 0 Å². The molecule has 0 radical (unpaired) electrons. The molecule has 0 aliphatic carbocycles. The van der Waals surface area contributed by atoms with Crippen molar-refractivity contribution in [2.75, 3.05) is 0 Å². The van der Waals surface area contributed by atoms with Gasteiger partial charge in [-0.25, -0.2) is 0 Å². The second-order valence-corrected chi connectivity index (χ2v) is 11.7. The number of rotatable bonds is 2. The van der Waals surface area contributed by atoms with Crippen molar-refractivity contribution in [1.82, 2.24) is 19.9 Å². The highest BCUT2D eigenvalue weighted by atomic mass is 14.7. The molecule has 0 bridgehead atoms. The van der Waals surface area contributed by atoms with Crippen LogP contribution in [0.15, 0.2) is 122 Å². The molecule has 0 spiro atoms. The summed E-state index contributed by atoms with van der Waals surface area (Å²) in [6, 6.07) is 34.8. The van der Waals surface area contributed by atoms with E-state index in [2.05, 4.69) is 98.8 Å². The third kappa shape index (κ3) is 3.71. The zero-order valence-corrected chi connectivity index (χ0v) is 24.3. The zero-order valence-electron chi connectivity index (χ0n) is 24.3. The van der Waals surface area contributed by atoms with Crippen molar-refractivity contribution in [1.29, 1.82) is 0 Å². The van der Waals surface area contributed by atoms with E-state index in [9.17, 15) is 0 Å². The van der Waals surface area contributed by atoms with Gasteiger partial charge >= 0.3 is 0 Å². The molecule has 0 amide bonds. The van der Waals surface area contributed by atoms with E-state index >= 15 is 0 Å². The molecule has 0 aliphatic rings. The van der Waals surface area contributed by atoms with Crippen LogP contribution in [0.1, 0.15) is 11.1 Å². The summed E-state index contributed by atoms with van der Waals surface area (Å²) in [7, 11) is 0. The van der Waals surface area contributed by atoms with Crippen LogP contribution in [0.3, 0.4) is 0 Å². The van der Waals surface area contributed by atoms with E-state index < -0.39 is 0 Å². The minimum absolute atomic E-state index is 0.934. The average Bonchev–Trinajstić information content (AvgIpc) is 3.08. The Kier molecular flexibility index (Phi) is 5.29. The average molecular weight is 563 g/mol. The fraction of sp³-hybridized carbons (Fsp3) is 0.0500. The molecule has 0 saturated heterocycles. The highest BCUT2D eigenvalue weighted by Gasteiger charge is 2.14. The first-order valence-corrected chi connectivity index (χ1v) is 14.9. The minimum Gasteiger partial charge on any atom is -0.254 e. The van der Waals surface area contributed by atoms with Crippen LogP contribution in [-0.4, -0.2) is 19.9 Å². The maximum atomic E-state index is 4.95. The lowest BCUT2D eigenvalue weighted by Gasteiger charge is -2.12. The molecule has 0 fully saturated rings. The van der Waals surface area contributed by atoms with Gasteiger partial charge in [0, 0.05) is 57.5 Å². The van der Waals surface area contributed by atoms with Crippen LogP contribution >= 0.6 is 0 Å². The molecule has 0 atom stereocenters. The summed E-state index contributed by atoms with van der Waals surface area (Å²) < 4.78 is 0. The Morgan fingerprint density at radius 3 is 1.23 bits per heavy atom. The maximum Gasteiger partial charge on any atom is 0.0971 e. The molecule has 5 aromatic carbocycles. The van der Waals surface area contributed by atoms with E-state index in [0.29, 0.717) is 0 Å². The summed E-state index contributed by atoms with van der Waals surface area (Å²) in [6.07, 6.45) is 7.63. The van der Waals surface area contributed by atoms with Gasteiger partial charge in [0.15, 0.2) is 0 Å². The van der Waals surface area contributed by atoms with Gasteiger partial charge < -0.3 is 0 Å². The second kappa shape index (κ2) is 9.38. The van der Waals surface area contributed by atoms with Crippen molar-refractivity contribution in [3.05, 3.63) is 133 Å². The van der Waals surface area contributed by atoms with Crippen LogP contribution in [0, 0.1) is 13.8 Å². The molecular weight excluding hydrogens is 536 g/mol. The fourth-order valence-electron chi connectivity index (χ4n) is 6.74. The Labute approximate surface area is 253 Å². The summed E-state index contributed by atoms with van der Waals surface area (Å²) in [6.45, 7) is 4.27. The van der Waals surface area contributed by atoms with Crippen molar-refractivity contribution in [2.45, 2.75) is 13.8 Å². The van der Waals surface area contributed by atoms with Crippen molar-refractivity contribution in [3.63, 3.8) is 0 Å². The van der Waals surface area contributed by atoms with Crippen LogP contribution in [0.2, 0.25) is 0 Å². The van der Waals surface area contributed by atoms with Crippen molar-refractivity contribution in [3.8, 4) is 22.3 Å². The third-order valence-corrected chi connectivity index (χ3v) is 8.90. The smallest absolute Gasteiger partial charge is 0.0971 e. The van der Waals surface area contributed by atoms with Crippen LogP contribution in [0.25, 0.3) is 87.4 Å². The summed E-state index contributed by atoms with van der Waals surface area (Å²) in [5.74, 6) is 0. The van der Waals surface area contributed by atoms with Crippen LogP contribution in [0.5, 0.6) is 0 Å². The highest BCUT2D eigenvalue weighted by Crippen LogP contribution is 2.37. The van der Waals surface area contributed by atoms with E-state index in [0.717, 1.165) is 65.9 Å². The van der Waals surface area contributed by atoms with Gasteiger partial charge in [0.1, 0.15) is 0 Å². The van der Waals surface area contributed by atoms with E-state index in [1.807, 2.05) is 36.9 Å². The number of pyridine rings is 4. The summed E-state index contributed by atoms with van der Waals surface area (Å²) in [5.41, 5.74) is 10.6. The molecular formula is C40H26N4. The van der Waals surface area contributed by atoms with Gasteiger partial charge in [0.25, 0.3) is 0 Å². The first-order chi connectivity index (χ1) is 21.6. The molecule has 0 saturated carbocycles. The first kappa shape index (κ1) is 24.8. The Morgan fingerprint density at radius 2 is 0.773 bits per heavy atom. The molecule has 9 aromatic rings. The summed E-state index contributed by atoms with van der Waals surface area (Å²) >= 11 is 0. The van der Waals surface area contributed by atoms with Gasteiger partial charge in [-0.1, -0.05) is 83.9 Å². The van der Waals surface area contributed by atoms with Crippen molar-refractivity contribution < 1.29 is 0 Å². The standard InChI is InChI=1S/C40H26N4/c1-23-7-13-29-33(17-23)31-5-3-15-41-37(31)39-35(29)19-27(21-43-39)25-9-11-26(12-10-25)28-20-36-30-14-8-24(2)18-34(30)32-6-4-16-42-38(32)40(36)44-22-28/h3-22H,1-2H3. The maximum absolute atomic E-state index is 4.95. The monoisotopic (exact) mass is 562 g/mol. The van der Waals surface area contributed by atoms with Crippen molar-refractivity contribution in [2.24, 2.45) is 0 Å². The molecule has 0 aliphatic heterocycles. The van der Waals surface area contributed by atoms with Gasteiger partial charge in [-0.3, -0.25) is 19.9 Å². The predicted octanol–water partition coefficient (Wildman–Crippen LogP) is 10.1. The van der Waals surface area contributed by atoms with Gasteiger partial charge in [0.05, 0.1) is 22.1 Å². The molecule has 4 nitrogen and oxygen atoms in total. The quantitative estimate of drug-likeness (QED) is 0.197. The number of benzene rings is 5. The zero-order chi connectivity index (χ0) is 29.4. The van der Waals surface area contributed by atoms with E-state index in [-0.39, 0.29) is 0 Å². The molecule has 206 valence electrons. The molecule has 0 N–H and O–H groups in total. The van der Waals surface area contributed by atoms with Crippen LogP contribution < -0.4 is 0 Å². The third-order valence-electron chi connectivity index (χ3n) is 8.90. The minimum atomic E-state index is 0.934. The van der Waals surface area contributed by atoms with Gasteiger partial charge in [-0.05, 0) is 70.8 Å². The lowest BCUT2D eigenvalue weighted by atomic mass is 9.95. The van der Waals surface area contributed by atoms with Crippen LogP contribution in [0.4, 0.5) is 0 Å². The fourth-order valence-corrected chi connectivity index (χ4v) is 6.74. The Bertz CT molecular complexity index is 2440. The highest BCUT2D eigenvalue weighted by molar-refractivity contribution is 6.24. The van der Waals surface area contributed by atoms with Gasteiger partial charge in [0.2, 0.25) is 0 Å². The molecule has 0 unspecified atom stereocenters. The van der Waals surface area contributed by atoms with Crippen LogP contribution in [-0.2, 0) is 0 Å². The molecule has 4 heterocycles. The van der Waals surface area contributed by atoms with Crippen molar-refractivity contribution >= 4 is 65.2 Å². The van der Waals surface area contributed by atoms with E-state index in [1.165, 1.54) is 32.7 Å². The topological polar surface area (TPSA) is 51.6 Å². The molecule has 44 heavy (non-hydrogen) atoms. The van der Waals surface area contributed by atoms with Gasteiger partial charge in [-0.15, -0.1) is 0 Å². The number of nitrogens with zero attached hydrogens (tertiary/aromatic N) is 4. The number of aryl methyl sites for hydroxylation is 2. The largest absolute Gasteiger partial charge is 0.254 e. The Morgan fingerprint density at radius 1 is 0.341 bits per heavy atom. The normalized spacial score (nSPS) is 11.9. The van der Waals surface area contributed by atoms with E-state index in [1.54, 1.807) is 0 Å². The number of hydrogen-bond donors (Lipinski definition) is 0.